The number of hydrogen-bond acceptors (Lipinski definition) is 2. The molecule has 21 heavy (non-hydrogen) atoms. The van der Waals surface area contributed by atoms with Crippen molar-refractivity contribution in [2.45, 2.75) is 20.0 Å². The van der Waals surface area contributed by atoms with E-state index >= 15 is 0 Å². The summed E-state index contributed by atoms with van der Waals surface area (Å²) in [6, 6.07) is 12.1. The summed E-state index contributed by atoms with van der Waals surface area (Å²) in [5.74, 6) is -1.63. The molecule has 3 nitrogen and oxygen atoms in total. The van der Waals surface area contributed by atoms with Crippen molar-refractivity contribution in [1.29, 1.82) is 0 Å². The van der Waals surface area contributed by atoms with Crippen LogP contribution in [-0.4, -0.2) is 23.0 Å². The maximum absolute atomic E-state index is 13.4. The number of carbonyl (C=O) groups is 1. The molecule has 110 valence electrons. The van der Waals surface area contributed by atoms with E-state index < -0.39 is 11.8 Å². The van der Waals surface area contributed by atoms with Crippen molar-refractivity contribution in [2.75, 3.05) is 7.05 Å². The molecule has 0 heterocycles. The van der Waals surface area contributed by atoms with Gasteiger partial charge in [0.15, 0.2) is 0 Å². The van der Waals surface area contributed by atoms with Gasteiger partial charge in [-0.2, -0.15) is 0 Å². The van der Waals surface area contributed by atoms with Crippen LogP contribution >= 0.6 is 0 Å². The molecule has 4 heteroatoms. The van der Waals surface area contributed by atoms with Crippen molar-refractivity contribution < 1.29 is 14.3 Å². The van der Waals surface area contributed by atoms with Crippen LogP contribution in [0.15, 0.2) is 42.5 Å². The van der Waals surface area contributed by atoms with Gasteiger partial charge in [-0.25, -0.2) is 9.18 Å². The first kappa shape index (κ1) is 15.2. The van der Waals surface area contributed by atoms with Gasteiger partial charge in [0.25, 0.3) is 0 Å². The SMILES string of the molecule is Cc1cccc(CN(C)Cc2cc(F)cc(C(=O)O)c2)c1. The largest absolute Gasteiger partial charge is 0.478 e. The molecule has 2 rings (SSSR count). The lowest BCUT2D eigenvalue weighted by molar-refractivity contribution is 0.0696. The number of carboxylic acid groups (broad SMARTS) is 1. The zero-order valence-corrected chi connectivity index (χ0v) is 12.1. The van der Waals surface area contributed by atoms with Crippen LogP contribution in [0.4, 0.5) is 4.39 Å². The summed E-state index contributed by atoms with van der Waals surface area (Å²) in [4.78, 5) is 13.0. The van der Waals surface area contributed by atoms with Crippen LogP contribution in [0, 0.1) is 12.7 Å². The first-order valence-corrected chi connectivity index (χ1v) is 6.71. The molecule has 2 aromatic carbocycles. The van der Waals surface area contributed by atoms with Crippen LogP contribution in [0.1, 0.15) is 27.0 Å². The van der Waals surface area contributed by atoms with Gasteiger partial charge < -0.3 is 5.11 Å². The molecule has 0 radical (unpaired) electrons. The number of rotatable bonds is 5. The fourth-order valence-corrected chi connectivity index (χ4v) is 2.35. The molecule has 0 saturated carbocycles. The van der Waals surface area contributed by atoms with Gasteiger partial charge in [-0.3, -0.25) is 4.90 Å². The molecule has 0 aliphatic heterocycles. The average molecular weight is 287 g/mol. The number of halogens is 1. The van der Waals surface area contributed by atoms with Crippen molar-refractivity contribution in [2.24, 2.45) is 0 Å². The van der Waals surface area contributed by atoms with E-state index in [1.165, 1.54) is 23.3 Å². The van der Waals surface area contributed by atoms with E-state index in [-0.39, 0.29) is 5.56 Å². The molecule has 0 unspecified atom stereocenters. The Kier molecular flexibility index (Phi) is 4.70. The smallest absolute Gasteiger partial charge is 0.335 e. The molecule has 0 aliphatic rings. The van der Waals surface area contributed by atoms with E-state index in [2.05, 4.69) is 6.07 Å². The van der Waals surface area contributed by atoms with Crippen LogP contribution in [0.5, 0.6) is 0 Å². The highest BCUT2D eigenvalue weighted by Gasteiger charge is 2.09. The maximum atomic E-state index is 13.4. The minimum atomic E-state index is -1.11. The molecule has 0 spiro atoms. The summed E-state index contributed by atoms with van der Waals surface area (Å²) < 4.78 is 13.4. The fourth-order valence-electron chi connectivity index (χ4n) is 2.35. The molecular weight excluding hydrogens is 269 g/mol. The third kappa shape index (κ3) is 4.39. The monoisotopic (exact) mass is 287 g/mol. The average Bonchev–Trinajstić information content (AvgIpc) is 2.37. The van der Waals surface area contributed by atoms with Crippen molar-refractivity contribution in [3.05, 3.63) is 70.5 Å². The Bertz CT molecular complexity index is 655. The van der Waals surface area contributed by atoms with Gasteiger partial charge in [-0.1, -0.05) is 29.8 Å². The lowest BCUT2D eigenvalue weighted by Gasteiger charge is -2.17. The lowest BCUT2D eigenvalue weighted by Crippen LogP contribution is -2.17. The van der Waals surface area contributed by atoms with Gasteiger partial charge in [-0.05, 0) is 43.3 Å². The molecule has 0 aromatic heterocycles. The van der Waals surface area contributed by atoms with Crippen LogP contribution in [0.3, 0.4) is 0 Å². The van der Waals surface area contributed by atoms with Gasteiger partial charge in [0.1, 0.15) is 5.82 Å². The molecule has 0 fully saturated rings. The Morgan fingerprint density at radius 3 is 2.52 bits per heavy atom. The second kappa shape index (κ2) is 6.50. The normalized spacial score (nSPS) is 10.9. The summed E-state index contributed by atoms with van der Waals surface area (Å²) in [6.07, 6.45) is 0. The summed E-state index contributed by atoms with van der Waals surface area (Å²) >= 11 is 0. The van der Waals surface area contributed by atoms with Gasteiger partial charge in [-0.15, -0.1) is 0 Å². The predicted molar refractivity (Wildman–Crippen MR) is 79.7 cm³/mol. The molecule has 1 N–H and O–H groups in total. The van der Waals surface area contributed by atoms with Gasteiger partial charge in [0, 0.05) is 13.1 Å². The number of nitrogens with zero attached hydrogens (tertiary/aromatic N) is 1. The second-order valence-corrected chi connectivity index (χ2v) is 5.31. The standard InChI is InChI=1S/C17H18FNO2/c1-12-4-3-5-13(6-12)10-19(2)11-14-7-15(17(20)21)9-16(18)8-14/h3-9H,10-11H2,1-2H3,(H,20,21). The Balaban J connectivity index is 2.09. The van der Waals surface area contributed by atoms with Crippen LogP contribution < -0.4 is 0 Å². The molecule has 0 aliphatic carbocycles. The quantitative estimate of drug-likeness (QED) is 0.915. The zero-order chi connectivity index (χ0) is 15.4. The van der Waals surface area contributed by atoms with Crippen molar-refractivity contribution in [3.63, 3.8) is 0 Å². The van der Waals surface area contributed by atoms with E-state index in [9.17, 15) is 9.18 Å². The molecular formula is C17H18FNO2. The topological polar surface area (TPSA) is 40.5 Å². The van der Waals surface area contributed by atoms with Gasteiger partial charge in [0.05, 0.1) is 5.56 Å². The fraction of sp³-hybridized carbons (Fsp3) is 0.235. The molecule has 0 amide bonds. The number of carboxylic acids is 1. The summed E-state index contributed by atoms with van der Waals surface area (Å²) in [5.41, 5.74) is 3.00. The molecule has 0 saturated heterocycles. The second-order valence-electron chi connectivity index (χ2n) is 5.31. The van der Waals surface area contributed by atoms with E-state index in [1.807, 2.05) is 37.1 Å². The highest BCUT2D eigenvalue weighted by molar-refractivity contribution is 5.87. The third-order valence-electron chi connectivity index (χ3n) is 3.19. The maximum Gasteiger partial charge on any atom is 0.335 e. The zero-order valence-electron chi connectivity index (χ0n) is 12.1. The lowest BCUT2D eigenvalue weighted by atomic mass is 10.1. The van der Waals surface area contributed by atoms with Crippen LogP contribution in [0.25, 0.3) is 0 Å². The van der Waals surface area contributed by atoms with E-state index in [0.29, 0.717) is 12.1 Å². The minimum Gasteiger partial charge on any atom is -0.478 e. The van der Waals surface area contributed by atoms with Crippen LogP contribution in [-0.2, 0) is 13.1 Å². The Morgan fingerprint density at radius 1 is 1.14 bits per heavy atom. The van der Waals surface area contributed by atoms with Crippen molar-refractivity contribution >= 4 is 5.97 Å². The Hall–Kier alpha value is -2.20. The number of benzene rings is 2. The number of aromatic carboxylic acids is 1. The van der Waals surface area contributed by atoms with Crippen molar-refractivity contribution in [3.8, 4) is 0 Å². The Labute approximate surface area is 123 Å². The minimum absolute atomic E-state index is 0.0195. The summed E-state index contributed by atoms with van der Waals surface area (Å²) in [5, 5.41) is 8.95. The summed E-state index contributed by atoms with van der Waals surface area (Å²) in [6.45, 7) is 3.25. The highest BCUT2D eigenvalue weighted by atomic mass is 19.1. The van der Waals surface area contributed by atoms with E-state index in [4.69, 9.17) is 5.11 Å². The summed E-state index contributed by atoms with van der Waals surface area (Å²) in [7, 11) is 1.92. The van der Waals surface area contributed by atoms with Gasteiger partial charge >= 0.3 is 5.97 Å². The molecule has 0 bridgehead atoms. The first-order valence-electron chi connectivity index (χ1n) is 6.71. The van der Waals surface area contributed by atoms with E-state index in [1.54, 1.807) is 0 Å². The van der Waals surface area contributed by atoms with Crippen LogP contribution in [0.2, 0.25) is 0 Å². The molecule has 2 aromatic rings. The number of aryl methyl sites for hydroxylation is 1. The van der Waals surface area contributed by atoms with Crippen molar-refractivity contribution in [1.82, 2.24) is 4.90 Å². The number of hydrogen-bond donors (Lipinski definition) is 1. The molecule has 0 atom stereocenters. The van der Waals surface area contributed by atoms with E-state index in [0.717, 1.165) is 12.6 Å². The third-order valence-corrected chi connectivity index (χ3v) is 3.19. The highest BCUT2D eigenvalue weighted by Crippen LogP contribution is 2.13. The first-order chi connectivity index (χ1) is 9.94. The Morgan fingerprint density at radius 2 is 1.86 bits per heavy atom. The predicted octanol–water partition coefficient (Wildman–Crippen LogP) is 3.46. The van der Waals surface area contributed by atoms with Gasteiger partial charge in [0.2, 0.25) is 0 Å².